The van der Waals surface area contributed by atoms with Crippen molar-refractivity contribution in [2.75, 3.05) is 12.1 Å². The first-order valence-electron chi connectivity index (χ1n) is 9.56. The average molecular weight is 408 g/mol. The summed E-state index contributed by atoms with van der Waals surface area (Å²) >= 11 is 0. The van der Waals surface area contributed by atoms with Crippen LogP contribution in [0.4, 0.5) is 5.69 Å². The molecule has 8 nitrogen and oxygen atoms in total. The van der Waals surface area contributed by atoms with Crippen LogP contribution in [0.1, 0.15) is 30.5 Å². The van der Waals surface area contributed by atoms with Gasteiger partial charge in [-0.2, -0.15) is 0 Å². The van der Waals surface area contributed by atoms with Gasteiger partial charge in [0.25, 0.3) is 11.8 Å². The second-order valence-electron chi connectivity index (χ2n) is 6.99. The van der Waals surface area contributed by atoms with Crippen LogP contribution in [0.25, 0.3) is 0 Å². The molecule has 2 unspecified atom stereocenters. The van der Waals surface area contributed by atoms with Gasteiger partial charge < -0.3 is 10.1 Å². The number of anilines is 1. The summed E-state index contributed by atoms with van der Waals surface area (Å²) in [5, 5.41) is 4.12. The van der Waals surface area contributed by atoms with Crippen molar-refractivity contribution in [3.63, 3.8) is 0 Å². The van der Waals surface area contributed by atoms with E-state index in [1.165, 1.54) is 12.1 Å². The van der Waals surface area contributed by atoms with Crippen LogP contribution in [-0.2, 0) is 19.1 Å². The molecule has 1 aliphatic heterocycles. The Hall–Kier alpha value is -3.68. The summed E-state index contributed by atoms with van der Waals surface area (Å²) in [5.41, 5.74) is 5.21. The van der Waals surface area contributed by atoms with E-state index in [0.29, 0.717) is 5.69 Å². The molecule has 0 fully saturated rings. The molecule has 0 aliphatic carbocycles. The van der Waals surface area contributed by atoms with Crippen molar-refractivity contribution in [2.24, 2.45) is 4.99 Å². The predicted octanol–water partition coefficient (Wildman–Crippen LogP) is 2.05. The number of hydrazine groups is 1. The number of amidine groups is 1. The van der Waals surface area contributed by atoms with E-state index in [-0.39, 0.29) is 18.2 Å². The monoisotopic (exact) mass is 408 g/mol. The minimum absolute atomic E-state index is 0.00655. The number of methoxy groups -OCH3 is 1. The van der Waals surface area contributed by atoms with Gasteiger partial charge in [-0.05, 0) is 31.5 Å². The van der Waals surface area contributed by atoms with Crippen molar-refractivity contribution >= 4 is 29.3 Å². The number of rotatable bonds is 6. The lowest BCUT2D eigenvalue weighted by Gasteiger charge is -2.31. The van der Waals surface area contributed by atoms with Gasteiger partial charge in [0.1, 0.15) is 6.04 Å². The summed E-state index contributed by atoms with van der Waals surface area (Å²) < 4.78 is 4.77. The summed E-state index contributed by atoms with van der Waals surface area (Å²) in [6.45, 7) is 3.58. The molecule has 2 atom stereocenters. The molecule has 1 heterocycles. The topological polar surface area (TPSA) is 100 Å². The van der Waals surface area contributed by atoms with E-state index in [2.05, 4.69) is 15.7 Å². The Morgan fingerprint density at radius 1 is 1.17 bits per heavy atom. The third-order valence-electron chi connectivity index (χ3n) is 4.73. The van der Waals surface area contributed by atoms with Crippen molar-refractivity contribution in [2.45, 2.75) is 32.4 Å². The highest BCUT2D eigenvalue weighted by Gasteiger charge is 2.32. The number of hydrogen-bond donors (Lipinski definition) is 2. The van der Waals surface area contributed by atoms with Crippen LogP contribution in [0.5, 0.6) is 0 Å². The standard InChI is InChI=1S/C22H24N4O4/c1-14-9-11-16(12-10-14)18(13-19(27)30-3)24-21(28)20-23-15(2)22(29)26(25-20)17-7-5-4-6-8-17/h4-12,15,18H,13H2,1-3H3,(H,23,25)(H,24,28). The zero-order valence-corrected chi connectivity index (χ0v) is 17.1. The molecule has 8 heteroatoms. The van der Waals surface area contributed by atoms with Crippen LogP contribution in [0.3, 0.4) is 0 Å². The Morgan fingerprint density at radius 2 is 1.83 bits per heavy atom. The van der Waals surface area contributed by atoms with Crippen LogP contribution in [0.2, 0.25) is 0 Å². The van der Waals surface area contributed by atoms with Gasteiger partial charge in [-0.15, -0.1) is 0 Å². The van der Waals surface area contributed by atoms with E-state index in [0.717, 1.165) is 11.1 Å². The summed E-state index contributed by atoms with van der Waals surface area (Å²) in [4.78, 5) is 41.5. The highest BCUT2D eigenvalue weighted by molar-refractivity contribution is 6.39. The van der Waals surface area contributed by atoms with Gasteiger partial charge in [-0.3, -0.25) is 19.8 Å². The number of nitrogens with one attached hydrogen (secondary N) is 2. The fourth-order valence-electron chi connectivity index (χ4n) is 3.03. The number of ether oxygens (including phenoxy) is 1. The van der Waals surface area contributed by atoms with Crippen LogP contribution in [-0.4, -0.2) is 36.8 Å². The average Bonchev–Trinajstić information content (AvgIpc) is 2.76. The predicted molar refractivity (Wildman–Crippen MR) is 113 cm³/mol. The van der Waals surface area contributed by atoms with Crippen molar-refractivity contribution in [3.05, 3.63) is 65.7 Å². The van der Waals surface area contributed by atoms with Crippen molar-refractivity contribution < 1.29 is 19.1 Å². The first-order valence-corrected chi connectivity index (χ1v) is 9.56. The number of carbonyl (C=O) groups is 3. The fraction of sp³-hybridized carbons (Fsp3) is 0.273. The zero-order valence-electron chi connectivity index (χ0n) is 17.1. The lowest BCUT2D eigenvalue weighted by Crippen LogP contribution is -2.58. The van der Waals surface area contributed by atoms with Crippen molar-refractivity contribution in [3.8, 4) is 0 Å². The molecule has 2 N–H and O–H groups in total. The SMILES string of the molecule is COC(=O)CC(NC(=O)C1=NC(C)C(=O)N(c2ccccc2)N1)c1ccc(C)cc1. The molecule has 0 bridgehead atoms. The summed E-state index contributed by atoms with van der Waals surface area (Å²) in [6, 6.07) is 15.1. The maximum Gasteiger partial charge on any atom is 0.307 e. The maximum absolute atomic E-state index is 13.0. The second-order valence-corrected chi connectivity index (χ2v) is 6.99. The third-order valence-corrected chi connectivity index (χ3v) is 4.73. The van der Waals surface area contributed by atoms with E-state index in [4.69, 9.17) is 4.74 Å². The Balaban J connectivity index is 1.82. The van der Waals surface area contributed by atoms with E-state index in [9.17, 15) is 14.4 Å². The van der Waals surface area contributed by atoms with E-state index < -0.39 is 24.0 Å². The molecule has 2 aromatic rings. The van der Waals surface area contributed by atoms with E-state index >= 15 is 0 Å². The number of aliphatic imine (C=N–C) groups is 1. The van der Waals surface area contributed by atoms with Crippen molar-refractivity contribution in [1.29, 1.82) is 0 Å². The number of aryl methyl sites for hydroxylation is 1. The second kappa shape index (κ2) is 9.21. The highest BCUT2D eigenvalue weighted by atomic mass is 16.5. The summed E-state index contributed by atoms with van der Waals surface area (Å²) in [7, 11) is 1.30. The lowest BCUT2D eigenvalue weighted by atomic mass is 10.0. The van der Waals surface area contributed by atoms with Crippen LogP contribution in [0.15, 0.2) is 59.6 Å². The number of nitrogens with zero attached hydrogens (tertiary/aromatic N) is 2. The molecule has 1 aliphatic rings. The Bertz CT molecular complexity index is 957. The van der Waals surface area contributed by atoms with Gasteiger partial charge in [0.2, 0.25) is 5.84 Å². The van der Waals surface area contributed by atoms with Crippen LogP contribution < -0.4 is 15.8 Å². The molecule has 156 valence electrons. The Labute approximate surface area is 174 Å². The summed E-state index contributed by atoms with van der Waals surface area (Å²) in [5.74, 6) is -1.26. The van der Waals surface area contributed by atoms with Gasteiger partial charge in [0.15, 0.2) is 0 Å². The first kappa shape index (κ1) is 21.0. The summed E-state index contributed by atoms with van der Waals surface area (Å²) in [6.07, 6.45) is -0.0323. The smallest absolute Gasteiger partial charge is 0.307 e. The normalized spacial score (nSPS) is 16.9. The number of hydrogen-bond acceptors (Lipinski definition) is 6. The largest absolute Gasteiger partial charge is 0.469 e. The molecule has 0 radical (unpaired) electrons. The van der Waals surface area contributed by atoms with Crippen LogP contribution >= 0.6 is 0 Å². The molecule has 3 rings (SSSR count). The lowest BCUT2D eigenvalue weighted by molar-refractivity contribution is -0.141. The minimum atomic E-state index is -0.731. The molecule has 2 amide bonds. The minimum Gasteiger partial charge on any atom is -0.469 e. The molecule has 2 aromatic carbocycles. The molecular formula is C22H24N4O4. The molecule has 0 aromatic heterocycles. The highest BCUT2D eigenvalue weighted by Crippen LogP contribution is 2.19. The Kier molecular flexibility index (Phi) is 6.46. The number of para-hydroxylation sites is 1. The number of carbonyl (C=O) groups excluding carboxylic acids is 3. The van der Waals surface area contributed by atoms with Gasteiger partial charge in [0, 0.05) is 0 Å². The Morgan fingerprint density at radius 3 is 2.47 bits per heavy atom. The fourth-order valence-corrected chi connectivity index (χ4v) is 3.03. The molecule has 0 spiro atoms. The van der Waals surface area contributed by atoms with Gasteiger partial charge in [-0.1, -0.05) is 48.0 Å². The quantitative estimate of drug-likeness (QED) is 0.713. The van der Waals surface area contributed by atoms with E-state index in [1.807, 2.05) is 37.3 Å². The molecule has 30 heavy (non-hydrogen) atoms. The third kappa shape index (κ3) is 4.83. The van der Waals surface area contributed by atoms with Gasteiger partial charge >= 0.3 is 5.97 Å². The maximum atomic E-state index is 13.0. The molecule has 0 saturated carbocycles. The van der Waals surface area contributed by atoms with E-state index in [1.54, 1.807) is 31.2 Å². The molecule has 0 saturated heterocycles. The van der Waals surface area contributed by atoms with Crippen molar-refractivity contribution in [1.82, 2.24) is 10.7 Å². The van der Waals surface area contributed by atoms with Gasteiger partial charge in [-0.25, -0.2) is 10.0 Å². The number of amides is 2. The molecular weight excluding hydrogens is 384 g/mol. The first-order chi connectivity index (χ1) is 14.4. The number of esters is 1. The number of benzene rings is 2. The zero-order chi connectivity index (χ0) is 21.7. The van der Waals surface area contributed by atoms with Crippen LogP contribution in [0, 0.1) is 6.92 Å². The van der Waals surface area contributed by atoms with Gasteiger partial charge in [0.05, 0.1) is 25.3 Å².